The van der Waals surface area contributed by atoms with Gasteiger partial charge in [-0.2, -0.15) is 28.5 Å². The van der Waals surface area contributed by atoms with E-state index in [1.807, 2.05) is 18.2 Å². The molecular formula is C26H28F3N5O3. The average Bonchev–Trinajstić information content (AvgIpc) is 3.38. The van der Waals surface area contributed by atoms with Crippen molar-refractivity contribution in [3.8, 4) is 16.9 Å². The van der Waals surface area contributed by atoms with Crippen molar-refractivity contribution in [2.45, 2.75) is 32.2 Å². The van der Waals surface area contributed by atoms with Gasteiger partial charge in [0.25, 0.3) is 0 Å². The Morgan fingerprint density at radius 3 is 2.57 bits per heavy atom. The summed E-state index contributed by atoms with van der Waals surface area (Å²) in [6.07, 6.45) is 2.21. The van der Waals surface area contributed by atoms with Crippen molar-refractivity contribution in [2.24, 2.45) is 0 Å². The molecule has 0 saturated carbocycles. The molecule has 2 heterocycles. The van der Waals surface area contributed by atoms with Crippen molar-refractivity contribution in [1.82, 2.24) is 25.7 Å². The van der Waals surface area contributed by atoms with Gasteiger partial charge in [-0.05, 0) is 66.4 Å². The molecule has 0 aliphatic rings. The van der Waals surface area contributed by atoms with Crippen LogP contribution in [-0.2, 0) is 24.1 Å². The summed E-state index contributed by atoms with van der Waals surface area (Å²) in [5.74, 6) is 0.699. The minimum atomic E-state index is -4.44. The number of nitrogens with one attached hydrogen (secondary N) is 2. The molecule has 4 aromatic rings. The molecule has 0 radical (unpaired) electrons. The number of aliphatic hydroxyl groups excluding tert-OH is 1. The lowest BCUT2D eigenvalue weighted by atomic mass is 10.1. The molecule has 0 unspecified atom stereocenters. The fourth-order valence-electron chi connectivity index (χ4n) is 3.89. The fourth-order valence-corrected chi connectivity index (χ4v) is 3.89. The molecule has 2 aromatic carbocycles. The molecular weight excluding hydrogens is 487 g/mol. The third-order valence-corrected chi connectivity index (χ3v) is 5.71. The zero-order chi connectivity index (χ0) is 26.1. The van der Waals surface area contributed by atoms with Gasteiger partial charge in [0.15, 0.2) is 0 Å². The minimum Gasteiger partial charge on any atom is -0.490 e. The summed E-state index contributed by atoms with van der Waals surface area (Å²) in [4.78, 5) is 0. The van der Waals surface area contributed by atoms with Crippen LogP contribution >= 0.6 is 0 Å². The van der Waals surface area contributed by atoms with E-state index in [4.69, 9.17) is 9.47 Å². The average molecular weight is 516 g/mol. The molecule has 4 rings (SSSR count). The molecule has 0 amide bonds. The number of unbranched alkanes of at least 4 members (excludes halogenated alkanes) is 1. The van der Waals surface area contributed by atoms with Gasteiger partial charge in [-0.15, -0.1) is 0 Å². The second kappa shape index (κ2) is 12.6. The molecule has 0 spiro atoms. The summed E-state index contributed by atoms with van der Waals surface area (Å²) >= 11 is 0. The zero-order valence-corrected chi connectivity index (χ0v) is 20.1. The Kier molecular flexibility index (Phi) is 9.04. The molecule has 0 aliphatic carbocycles. The van der Waals surface area contributed by atoms with Gasteiger partial charge < -0.3 is 19.9 Å². The van der Waals surface area contributed by atoms with Crippen LogP contribution in [0.15, 0.2) is 55.0 Å². The van der Waals surface area contributed by atoms with Gasteiger partial charge in [0.05, 0.1) is 48.3 Å². The van der Waals surface area contributed by atoms with E-state index in [0.29, 0.717) is 44.2 Å². The number of rotatable bonds is 13. The van der Waals surface area contributed by atoms with E-state index in [9.17, 15) is 18.3 Å². The molecule has 0 fully saturated rings. The SMILES string of the molecule is OCc1cc(CNCCCCOCCOc2cc(-c3ccnnc3)cc3[nH]ncc23)cc(C(F)(F)F)c1. The summed E-state index contributed by atoms with van der Waals surface area (Å²) in [6, 6.07) is 9.45. The lowest BCUT2D eigenvalue weighted by Gasteiger charge is -2.12. The summed E-state index contributed by atoms with van der Waals surface area (Å²) in [5, 5.41) is 28.0. The first kappa shape index (κ1) is 26.5. The van der Waals surface area contributed by atoms with Crippen molar-refractivity contribution in [3.05, 3.63) is 71.7 Å². The maximum absolute atomic E-state index is 13.0. The Balaban J connectivity index is 1.15. The van der Waals surface area contributed by atoms with Gasteiger partial charge in [-0.25, -0.2) is 0 Å². The number of aromatic nitrogens is 4. The number of halogens is 3. The maximum atomic E-state index is 13.0. The number of hydrogen-bond donors (Lipinski definition) is 3. The van der Waals surface area contributed by atoms with Crippen molar-refractivity contribution >= 4 is 10.9 Å². The molecule has 0 atom stereocenters. The van der Waals surface area contributed by atoms with E-state index < -0.39 is 18.3 Å². The monoisotopic (exact) mass is 515 g/mol. The Bertz CT molecular complexity index is 1280. The van der Waals surface area contributed by atoms with Crippen LogP contribution in [0.1, 0.15) is 29.5 Å². The lowest BCUT2D eigenvalue weighted by molar-refractivity contribution is -0.137. The zero-order valence-electron chi connectivity index (χ0n) is 20.1. The largest absolute Gasteiger partial charge is 0.490 e. The number of nitrogens with zero attached hydrogens (tertiary/aromatic N) is 3. The second-order valence-electron chi connectivity index (χ2n) is 8.48. The second-order valence-corrected chi connectivity index (χ2v) is 8.48. The third-order valence-electron chi connectivity index (χ3n) is 5.71. The minimum absolute atomic E-state index is 0.247. The highest BCUT2D eigenvalue weighted by atomic mass is 19.4. The van der Waals surface area contributed by atoms with Gasteiger partial charge >= 0.3 is 6.18 Å². The molecule has 0 bridgehead atoms. The highest BCUT2D eigenvalue weighted by molar-refractivity contribution is 5.89. The van der Waals surface area contributed by atoms with Crippen LogP contribution < -0.4 is 10.1 Å². The molecule has 3 N–H and O–H groups in total. The molecule has 11 heteroatoms. The predicted octanol–water partition coefficient (Wildman–Crippen LogP) is 4.50. The maximum Gasteiger partial charge on any atom is 0.416 e. The fraction of sp³-hybridized carbons (Fsp3) is 0.346. The smallest absolute Gasteiger partial charge is 0.416 e. The third kappa shape index (κ3) is 7.48. The van der Waals surface area contributed by atoms with E-state index in [0.717, 1.165) is 47.0 Å². The van der Waals surface area contributed by atoms with Gasteiger partial charge in [0.1, 0.15) is 12.4 Å². The molecule has 0 aliphatic heterocycles. The highest BCUT2D eigenvalue weighted by Gasteiger charge is 2.31. The summed E-state index contributed by atoms with van der Waals surface area (Å²) < 4.78 is 50.6. The van der Waals surface area contributed by atoms with E-state index in [1.165, 1.54) is 0 Å². The summed E-state index contributed by atoms with van der Waals surface area (Å²) in [6.45, 7) is 1.84. The summed E-state index contributed by atoms with van der Waals surface area (Å²) in [5.41, 5.74) is 2.70. The number of alkyl halides is 3. The Morgan fingerprint density at radius 1 is 0.919 bits per heavy atom. The van der Waals surface area contributed by atoms with Crippen LogP contribution in [0.5, 0.6) is 5.75 Å². The van der Waals surface area contributed by atoms with Crippen molar-refractivity contribution in [3.63, 3.8) is 0 Å². The van der Waals surface area contributed by atoms with E-state index in [2.05, 4.69) is 25.7 Å². The van der Waals surface area contributed by atoms with Gasteiger partial charge in [0, 0.05) is 18.7 Å². The summed E-state index contributed by atoms with van der Waals surface area (Å²) in [7, 11) is 0. The Labute approximate surface area is 211 Å². The van der Waals surface area contributed by atoms with Crippen LogP contribution in [0.25, 0.3) is 22.0 Å². The first-order valence-corrected chi connectivity index (χ1v) is 11.9. The van der Waals surface area contributed by atoms with Gasteiger partial charge in [-0.3, -0.25) is 5.10 Å². The number of fused-ring (bicyclic) bond motifs is 1. The Hall–Kier alpha value is -3.54. The van der Waals surface area contributed by atoms with Crippen molar-refractivity contribution < 1.29 is 27.8 Å². The molecule has 37 heavy (non-hydrogen) atoms. The number of H-pyrrole nitrogens is 1. The molecule has 196 valence electrons. The molecule has 2 aromatic heterocycles. The van der Waals surface area contributed by atoms with E-state index in [1.54, 1.807) is 24.7 Å². The first-order valence-electron chi connectivity index (χ1n) is 11.9. The number of ether oxygens (including phenoxy) is 2. The Morgan fingerprint density at radius 2 is 1.78 bits per heavy atom. The predicted molar refractivity (Wildman–Crippen MR) is 132 cm³/mol. The quantitative estimate of drug-likeness (QED) is 0.225. The molecule has 0 saturated heterocycles. The van der Waals surface area contributed by atoms with Crippen LogP contribution in [0.3, 0.4) is 0 Å². The standard InChI is InChI=1S/C26H28F3N5O3/c27-26(28,29)22-10-18(9-19(11-22)17-35)14-30-4-1-2-6-36-7-8-37-25-13-21(20-3-5-31-32-15-20)12-24-23(25)16-33-34-24/h3,5,9-13,15-16,30,35H,1-2,4,6-8,14,17H2,(H,33,34). The van der Waals surface area contributed by atoms with E-state index in [-0.39, 0.29) is 5.56 Å². The number of benzene rings is 2. The first-order chi connectivity index (χ1) is 17.9. The highest BCUT2D eigenvalue weighted by Crippen LogP contribution is 2.32. The number of aliphatic hydroxyl groups is 1. The lowest BCUT2D eigenvalue weighted by Crippen LogP contribution is -2.17. The van der Waals surface area contributed by atoms with Gasteiger partial charge in [0.2, 0.25) is 0 Å². The van der Waals surface area contributed by atoms with Crippen molar-refractivity contribution in [1.29, 1.82) is 0 Å². The van der Waals surface area contributed by atoms with Crippen LogP contribution in [0.4, 0.5) is 13.2 Å². The number of hydrogen-bond acceptors (Lipinski definition) is 7. The van der Waals surface area contributed by atoms with Crippen LogP contribution in [0, 0.1) is 0 Å². The number of aromatic amines is 1. The van der Waals surface area contributed by atoms with Gasteiger partial charge in [-0.1, -0.05) is 6.07 Å². The van der Waals surface area contributed by atoms with Crippen molar-refractivity contribution in [2.75, 3.05) is 26.4 Å². The topological polar surface area (TPSA) is 105 Å². The van der Waals surface area contributed by atoms with E-state index >= 15 is 0 Å². The molecule has 8 nitrogen and oxygen atoms in total. The van der Waals surface area contributed by atoms with Crippen LogP contribution in [0.2, 0.25) is 0 Å². The van der Waals surface area contributed by atoms with Crippen LogP contribution in [-0.4, -0.2) is 51.9 Å². The normalized spacial score (nSPS) is 11.8.